The van der Waals surface area contributed by atoms with Crippen LogP contribution >= 0.6 is 12.4 Å². The minimum Gasteiger partial charge on any atom is -0.349 e. The molecule has 3 rings (SSSR count). The molecular formula is C19H29ClN4O2. The van der Waals surface area contributed by atoms with E-state index in [1.807, 2.05) is 35.2 Å². The Morgan fingerprint density at radius 3 is 2.54 bits per heavy atom. The predicted molar refractivity (Wildman–Crippen MR) is 104 cm³/mol. The molecule has 2 atom stereocenters. The first-order chi connectivity index (χ1) is 12.1. The molecule has 2 aliphatic heterocycles. The minimum atomic E-state index is -0.260. The summed E-state index contributed by atoms with van der Waals surface area (Å²) in [5.41, 5.74) is 0.976. The van der Waals surface area contributed by atoms with Crippen molar-refractivity contribution < 1.29 is 9.59 Å². The van der Waals surface area contributed by atoms with Gasteiger partial charge in [-0.25, -0.2) is 0 Å². The second-order valence-corrected chi connectivity index (χ2v) is 6.94. The first kappa shape index (κ1) is 20.7. The highest BCUT2D eigenvalue weighted by Crippen LogP contribution is 2.22. The van der Waals surface area contributed by atoms with Gasteiger partial charge in [0.15, 0.2) is 0 Å². The predicted octanol–water partition coefficient (Wildman–Crippen LogP) is 1.18. The molecule has 1 aromatic rings. The van der Waals surface area contributed by atoms with Crippen LogP contribution in [0, 0.1) is 0 Å². The van der Waals surface area contributed by atoms with E-state index in [-0.39, 0.29) is 30.3 Å². The van der Waals surface area contributed by atoms with Gasteiger partial charge in [-0.2, -0.15) is 0 Å². The Balaban J connectivity index is 0.00000243. The second-order valence-electron chi connectivity index (χ2n) is 6.94. The van der Waals surface area contributed by atoms with E-state index in [1.54, 1.807) is 0 Å². The van der Waals surface area contributed by atoms with Crippen molar-refractivity contribution in [1.82, 2.24) is 20.4 Å². The first-order valence-corrected chi connectivity index (χ1v) is 9.18. The SMILES string of the molecule is CC(=O)NC(CC(=O)N1CCC(N2CCNCC2)C1)c1ccccc1.Cl. The maximum Gasteiger partial charge on any atom is 0.225 e. The lowest BCUT2D eigenvalue weighted by Crippen LogP contribution is -2.49. The summed E-state index contributed by atoms with van der Waals surface area (Å²) in [6, 6.07) is 9.94. The van der Waals surface area contributed by atoms with Gasteiger partial charge in [0.05, 0.1) is 12.5 Å². The molecule has 26 heavy (non-hydrogen) atoms. The number of amides is 2. The highest BCUT2D eigenvalue weighted by molar-refractivity contribution is 5.85. The molecule has 2 unspecified atom stereocenters. The summed E-state index contributed by atoms with van der Waals surface area (Å²) in [6.07, 6.45) is 1.36. The van der Waals surface area contributed by atoms with Gasteiger partial charge in [-0.1, -0.05) is 30.3 Å². The van der Waals surface area contributed by atoms with Crippen molar-refractivity contribution >= 4 is 24.2 Å². The molecule has 2 amide bonds. The smallest absolute Gasteiger partial charge is 0.225 e. The van der Waals surface area contributed by atoms with E-state index in [4.69, 9.17) is 0 Å². The minimum absolute atomic E-state index is 0. The van der Waals surface area contributed by atoms with E-state index >= 15 is 0 Å². The van der Waals surface area contributed by atoms with E-state index in [0.717, 1.165) is 51.3 Å². The number of hydrogen-bond donors (Lipinski definition) is 2. The number of nitrogens with one attached hydrogen (secondary N) is 2. The molecule has 0 spiro atoms. The molecule has 2 aliphatic rings. The molecule has 2 heterocycles. The summed E-state index contributed by atoms with van der Waals surface area (Å²) in [4.78, 5) is 28.8. The van der Waals surface area contributed by atoms with Gasteiger partial charge in [0, 0.05) is 52.2 Å². The van der Waals surface area contributed by atoms with Crippen LogP contribution in [0.4, 0.5) is 0 Å². The summed E-state index contributed by atoms with van der Waals surface area (Å²) < 4.78 is 0. The normalized spacial score (nSPS) is 21.7. The van der Waals surface area contributed by atoms with E-state index in [0.29, 0.717) is 12.5 Å². The number of carbonyl (C=O) groups is 2. The van der Waals surface area contributed by atoms with Crippen molar-refractivity contribution in [3.05, 3.63) is 35.9 Å². The topological polar surface area (TPSA) is 64.7 Å². The molecule has 0 aromatic heterocycles. The van der Waals surface area contributed by atoms with Crippen LogP contribution in [-0.4, -0.2) is 66.9 Å². The van der Waals surface area contributed by atoms with Crippen LogP contribution in [0.3, 0.4) is 0 Å². The van der Waals surface area contributed by atoms with Gasteiger partial charge < -0.3 is 15.5 Å². The van der Waals surface area contributed by atoms with E-state index in [2.05, 4.69) is 15.5 Å². The van der Waals surface area contributed by atoms with Crippen LogP contribution in [0.25, 0.3) is 0 Å². The molecule has 2 fully saturated rings. The molecule has 2 saturated heterocycles. The zero-order valence-corrected chi connectivity index (χ0v) is 16.1. The summed E-state index contributed by atoms with van der Waals surface area (Å²) in [6.45, 7) is 7.30. The molecular weight excluding hydrogens is 352 g/mol. The van der Waals surface area contributed by atoms with Gasteiger partial charge in [-0.05, 0) is 12.0 Å². The summed E-state index contributed by atoms with van der Waals surface area (Å²) >= 11 is 0. The molecule has 144 valence electrons. The van der Waals surface area contributed by atoms with Crippen molar-refractivity contribution in [1.29, 1.82) is 0 Å². The number of benzene rings is 1. The van der Waals surface area contributed by atoms with Crippen LogP contribution in [0.1, 0.15) is 31.4 Å². The third kappa shape index (κ3) is 5.43. The summed E-state index contributed by atoms with van der Waals surface area (Å²) in [7, 11) is 0. The van der Waals surface area contributed by atoms with Crippen molar-refractivity contribution in [2.75, 3.05) is 39.3 Å². The van der Waals surface area contributed by atoms with Crippen molar-refractivity contribution in [2.45, 2.75) is 31.8 Å². The molecule has 2 N–H and O–H groups in total. The maximum atomic E-state index is 12.8. The van der Waals surface area contributed by atoms with Gasteiger partial charge in [0.25, 0.3) is 0 Å². The fourth-order valence-corrected chi connectivity index (χ4v) is 3.80. The molecule has 0 aliphatic carbocycles. The van der Waals surface area contributed by atoms with E-state index in [9.17, 15) is 9.59 Å². The Hall–Kier alpha value is -1.63. The lowest BCUT2D eigenvalue weighted by Gasteiger charge is -2.32. The zero-order valence-electron chi connectivity index (χ0n) is 15.3. The Labute approximate surface area is 161 Å². The molecule has 1 aromatic carbocycles. The van der Waals surface area contributed by atoms with Crippen LogP contribution < -0.4 is 10.6 Å². The molecule has 0 bridgehead atoms. The van der Waals surface area contributed by atoms with Crippen LogP contribution in [0.5, 0.6) is 0 Å². The van der Waals surface area contributed by atoms with Gasteiger partial charge in [0.2, 0.25) is 11.8 Å². The maximum absolute atomic E-state index is 12.8. The quantitative estimate of drug-likeness (QED) is 0.805. The Morgan fingerprint density at radius 1 is 1.19 bits per heavy atom. The van der Waals surface area contributed by atoms with E-state index < -0.39 is 0 Å². The average molecular weight is 381 g/mol. The Kier molecular flexibility index (Phi) is 7.87. The standard InChI is InChI=1S/C19H28N4O2.ClH/c1-15(24)21-18(16-5-3-2-4-6-16)13-19(25)23-10-7-17(14-23)22-11-8-20-9-12-22;/h2-6,17-18,20H,7-14H2,1H3,(H,21,24);1H. The van der Waals surface area contributed by atoms with Crippen molar-refractivity contribution in [3.63, 3.8) is 0 Å². The fraction of sp³-hybridized carbons (Fsp3) is 0.579. The van der Waals surface area contributed by atoms with E-state index in [1.165, 1.54) is 6.92 Å². The lowest BCUT2D eigenvalue weighted by molar-refractivity contribution is -0.131. The Bertz CT molecular complexity index is 592. The van der Waals surface area contributed by atoms with Crippen LogP contribution in [0.15, 0.2) is 30.3 Å². The largest absolute Gasteiger partial charge is 0.349 e. The third-order valence-electron chi connectivity index (χ3n) is 5.14. The molecule has 7 heteroatoms. The fourth-order valence-electron chi connectivity index (χ4n) is 3.80. The van der Waals surface area contributed by atoms with Crippen molar-refractivity contribution in [3.8, 4) is 0 Å². The number of piperazine rings is 1. The van der Waals surface area contributed by atoms with Crippen molar-refractivity contribution in [2.24, 2.45) is 0 Å². The van der Waals surface area contributed by atoms with Gasteiger partial charge >= 0.3 is 0 Å². The highest BCUT2D eigenvalue weighted by atomic mass is 35.5. The lowest BCUT2D eigenvalue weighted by atomic mass is 10.0. The highest BCUT2D eigenvalue weighted by Gasteiger charge is 2.32. The van der Waals surface area contributed by atoms with Gasteiger partial charge in [-0.15, -0.1) is 12.4 Å². The molecule has 6 nitrogen and oxygen atoms in total. The monoisotopic (exact) mass is 380 g/mol. The van der Waals surface area contributed by atoms with Crippen LogP contribution in [0.2, 0.25) is 0 Å². The second kappa shape index (κ2) is 9.90. The van der Waals surface area contributed by atoms with Gasteiger partial charge in [0.1, 0.15) is 0 Å². The number of halogens is 1. The molecule has 0 saturated carbocycles. The van der Waals surface area contributed by atoms with Gasteiger partial charge in [-0.3, -0.25) is 14.5 Å². The Morgan fingerprint density at radius 2 is 1.88 bits per heavy atom. The number of nitrogens with zero attached hydrogens (tertiary/aromatic N) is 2. The number of carbonyl (C=O) groups excluding carboxylic acids is 2. The average Bonchev–Trinajstić information content (AvgIpc) is 3.12. The first-order valence-electron chi connectivity index (χ1n) is 9.18. The third-order valence-corrected chi connectivity index (χ3v) is 5.14. The number of likely N-dealkylation sites (tertiary alicyclic amines) is 1. The summed E-state index contributed by atoms with van der Waals surface area (Å²) in [5.74, 6) is 0.0157. The van der Waals surface area contributed by atoms with Crippen LogP contribution in [-0.2, 0) is 9.59 Å². The number of hydrogen-bond acceptors (Lipinski definition) is 4. The molecule has 0 radical (unpaired) electrons. The zero-order chi connectivity index (χ0) is 17.6. The summed E-state index contributed by atoms with van der Waals surface area (Å²) in [5, 5.41) is 6.29. The number of rotatable bonds is 5.